The Morgan fingerprint density at radius 2 is 2.14 bits per heavy atom. The maximum atomic E-state index is 12.6. The highest BCUT2D eigenvalue weighted by Gasteiger charge is 2.30. The van der Waals surface area contributed by atoms with Crippen LogP contribution in [-0.4, -0.2) is 15.5 Å². The van der Waals surface area contributed by atoms with Gasteiger partial charge in [-0.1, -0.05) is 23.5 Å². The summed E-state index contributed by atoms with van der Waals surface area (Å²) in [6, 6.07) is 4.86. The van der Waals surface area contributed by atoms with Crippen LogP contribution in [0.3, 0.4) is 0 Å². The van der Waals surface area contributed by atoms with Crippen molar-refractivity contribution in [3.8, 4) is 0 Å². The van der Waals surface area contributed by atoms with E-state index >= 15 is 0 Å². The summed E-state index contributed by atoms with van der Waals surface area (Å²) in [4.78, 5) is 12.3. The molecule has 8 heteroatoms. The third kappa shape index (κ3) is 3.78. The number of amides is 1. The van der Waals surface area contributed by atoms with E-state index in [0.29, 0.717) is 22.6 Å². The third-order valence-electron chi connectivity index (χ3n) is 2.80. The number of carbonyl (C=O) groups excluding carboxylic acids is 1. The molecule has 4 nitrogen and oxygen atoms in total. The molecule has 0 saturated carbocycles. The SMILES string of the molecule is CCc1nnsc1C(=O)NCc1cccc(C(F)(F)F)c1. The van der Waals surface area contributed by atoms with Gasteiger partial charge in [0.15, 0.2) is 0 Å². The third-order valence-corrected chi connectivity index (χ3v) is 3.57. The molecule has 0 aliphatic carbocycles. The van der Waals surface area contributed by atoms with Crippen molar-refractivity contribution in [1.82, 2.24) is 14.9 Å². The van der Waals surface area contributed by atoms with Gasteiger partial charge in [-0.15, -0.1) is 5.10 Å². The molecule has 1 heterocycles. The average Bonchev–Trinajstić information content (AvgIpc) is 2.92. The number of hydrogen-bond acceptors (Lipinski definition) is 4. The summed E-state index contributed by atoms with van der Waals surface area (Å²) in [6.07, 6.45) is -3.82. The Bertz CT molecular complexity index is 640. The first-order valence-corrected chi connectivity index (χ1v) is 6.94. The molecule has 0 aliphatic heterocycles. The van der Waals surface area contributed by atoms with E-state index in [9.17, 15) is 18.0 Å². The zero-order chi connectivity index (χ0) is 15.5. The van der Waals surface area contributed by atoms with Crippen LogP contribution < -0.4 is 5.32 Å². The first-order valence-electron chi connectivity index (χ1n) is 6.17. The summed E-state index contributed by atoms with van der Waals surface area (Å²) in [6.45, 7) is 1.87. The van der Waals surface area contributed by atoms with Crippen LogP contribution in [0.25, 0.3) is 0 Å². The summed E-state index contributed by atoms with van der Waals surface area (Å²) >= 11 is 0.972. The molecule has 0 saturated heterocycles. The van der Waals surface area contributed by atoms with Crippen molar-refractivity contribution in [2.45, 2.75) is 26.1 Å². The van der Waals surface area contributed by atoms with Gasteiger partial charge in [-0.3, -0.25) is 4.79 Å². The molecule has 1 amide bonds. The Kier molecular flexibility index (Phi) is 4.56. The maximum Gasteiger partial charge on any atom is 0.416 e. The van der Waals surface area contributed by atoms with E-state index in [1.165, 1.54) is 12.1 Å². The lowest BCUT2D eigenvalue weighted by molar-refractivity contribution is -0.137. The van der Waals surface area contributed by atoms with Crippen LogP contribution in [0.15, 0.2) is 24.3 Å². The molecule has 21 heavy (non-hydrogen) atoms. The van der Waals surface area contributed by atoms with Crippen LogP contribution in [0.4, 0.5) is 13.2 Å². The highest BCUT2D eigenvalue weighted by molar-refractivity contribution is 7.08. The number of nitrogens with zero attached hydrogens (tertiary/aromatic N) is 2. The monoisotopic (exact) mass is 315 g/mol. The van der Waals surface area contributed by atoms with Gasteiger partial charge in [-0.25, -0.2) is 0 Å². The molecular weight excluding hydrogens is 303 g/mol. The van der Waals surface area contributed by atoms with Gasteiger partial charge in [0.05, 0.1) is 11.3 Å². The molecule has 0 atom stereocenters. The lowest BCUT2D eigenvalue weighted by Crippen LogP contribution is -2.23. The van der Waals surface area contributed by atoms with Gasteiger partial charge >= 0.3 is 6.18 Å². The molecule has 1 aromatic carbocycles. The van der Waals surface area contributed by atoms with E-state index in [1.54, 1.807) is 0 Å². The second-order valence-electron chi connectivity index (χ2n) is 4.28. The van der Waals surface area contributed by atoms with Crippen molar-refractivity contribution in [1.29, 1.82) is 0 Å². The standard InChI is InChI=1S/C13H12F3N3OS/c1-2-10-11(21-19-18-10)12(20)17-7-8-4-3-5-9(6-8)13(14,15)16/h3-6H,2,7H2,1H3,(H,17,20). The van der Waals surface area contributed by atoms with Gasteiger partial charge in [0, 0.05) is 6.54 Å². The van der Waals surface area contributed by atoms with E-state index in [-0.39, 0.29) is 12.5 Å². The quantitative estimate of drug-likeness (QED) is 0.943. The second-order valence-corrected chi connectivity index (χ2v) is 5.04. The van der Waals surface area contributed by atoms with Gasteiger partial charge in [-0.05, 0) is 35.6 Å². The van der Waals surface area contributed by atoms with Gasteiger partial charge in [0.1, 0.15) is 4.88 Å². The minimum absolute atomic E-state index is 0.0177. The lowest BCUT2D eigenvalue weighted by atomic mass is 10.1. The number of aromatic nitrogens is 2. The predicted octanol–water partition coefficient (Wildman–Crippen LogP) is 3.05. The highest BCUT2D eigenvalue weighted by atomic mass is 32.1. The second kappa shape index (κ2) is 6.21. The fourth-order valence-corrected chi connectivity index (χ4v) is 2.40. The first-order chi connectivity index (χ1) is 9.91. The summed E-state index contributed by atoms with van der Waals surface area (Å²) in [5.41, 5.74) is 0.234. The Labute approximate surface area is 123 Å². The molecule has 2 rings (SSSR count). The van der Waals surface area contributed by atoms with Gasteiger partial charge in [-0.2, -0.15) is 13.2 Å². The first kappa shape index (κ1) is 15.4. The molecule has 0 unspecified atom stereocenters. The van der Waals surface area contributed by atoms with E-state index in [4.69, 9.17) is 0 Å². The van der Waals surface area contributed by atoms with E-state index < -0.39 is 11.7 Å². The van der Waals surface area contributed by atoms with Crippen molar-refractivity contribution in [2.75, 3.05) is 0 Å². The number of halogens is 3. The van der Waals surface area contributed by atoms with Crippen molar-refractivity contribution < 1.29 is 18.0 Å². The van der Waals surface area contributed by atoms with Gasteiger partial charge < -0.3 is 5.32 Å². The predicted molar refractivity (Wildman–Crippen MR) is 71.9 cm³/mol. The molecule has 0 bridgehead atoms. The summed E-state index contributed by atoms with van der Waals surface area (Å²) in [5, 5.41) is 6.39. The molecule has 0 fully saturated rings. The Hall–Kier alpha value is -1.96. The molecule has 0 radical (unpaired) electrons. The van der Waals surface area contributed by atoms with Crippen molar-refractivity contribution in [3.05, 3.63) is 46.0 Å². The van der Waals surface area contributed by atoms with E-state index in [1.807, 2.05) is 6.92 Å². The normalized spacial score (nSPS) is 11.4. The Morgan fingerprint density at radius 1 is 1.38 bits per heavy atom. The number of hydrogen-bond donors (Lipinski definition) is 1. The zero-order valence-corrected chi connectivity index (χ0v) is 11.9. The zero-order valence-electron chi connectivity index (χ0n) is 11.1. The number of nitrogens with one attached hydrogen (secondary N) is 1. The van der Waals surface area contributed by atoms with Gasteiger partial charge in [0.2, 0.25) is 0 Å². The van der Waals surface area contributed by atoms with Crippen LogP contribution in [-0.2, 0) is 19.1 Å². The number of rotatable bonds is 4. The minimum atomic E-state index is -4.39. The van der Waals surface area contributed by atoms with Crippen LogP contribution >= 0.6 is 11.5 Å². The number of benzene rings is 1. The van der Waals surface area contributed by atoms with E-state index in [0.717, 1.165) is 23.7 Å². The molecule has 2 aromatic rings. The fourth-order valence-electron chi connectivity index (χ4n) is 1.73. The van der Waals surface area contributed by atoms with Crippen LogP contribution in [0.2, 0.25) is 0 Å². The van der Waals surface area contributed by atoms with Crippen LogP contribution in [0.5, 0.6) is 0 Å². The number of alkyl halides is 3. The molecular formula is C13H12F3N3OS. The molecule has 0 spiro atoms. The smallest absolute Gasteiger partial charge is 0.347 e. The minimum Gasteiger partial charge on any atom is -0.347 e. The summed E-state index contributed by atoms with van der Waals surface area (Å²) < 4.78 is 41.5. The Morgan fingerprint density at radius 3 is 2.81 bits per heavy atom. The molecule has 1 N–H and O–H groups in total. The lowest BCUT2D eigenvalue weighted by Gasteiger charge is -2.09. The molecule has 1 aromatic heterocycles. The van der Waals surface area contributed by atoms with Crippen molar-refractivity contribution >= 4 is 17.4 Å². The topological polar surface area (TPSA) is 54.9 Å². The van der Waals surface area contributed by atoms with Gasteiger partial charge in [0.25, 0.3) is 5.91 Å². The summed E-state index contributed by atoms with van der Waals surface area (Å²) in [5.74, 6) is -0.376. The largest absolute Gasteiger partial charge is 0.416 e. The van der Waals surface area contributed by atoms with Crippen LogP contribution in [0, 0.1) is 0 Å². The highest BCUT2D eigenvalue weighted by Crippen LogP contribution is 2.29. The molecule has 112 valence electrons. The molecule has 0 aliphatic rings. The van der Waals surface area contributed by atoms with E-state index in [2.05, 4.69) is 14.9 Å². The number of aryl methyl sites for hydroxylation is 1. The average molecular weight is 315 g/mol. The summed E-state index contributed by atoms with van der Waals surface area (Å²) in [7, 11) is 0. The van der Waals surface area contributed by atoms with Crippen LogP contribution in [0.1, 0.15) is 33.4 Å². The van der Waals surface area contributed by atoms with Crippen molar-refractivity contribution in [3.63, 3.8) is 0 Å². The fraction of sp³-hybridized carbons (Fsp3) is 0.308. The maximum absolute atomic E-state index is 12.6. The van der Waals surface area contributed by atoms with Crippen molar-refractivity contribution in [2.24, 2.45) is 0 Å². The Balaban J connectivity index is 2.05. The number of carbonyl (C=O) groups is 1.